The fraction of sp³-hybridized carbons (Fsp3) is 0.300. The molecule has 0 spiro atoms. The van der Waals surface area contributed by atoms with E-state index in [1.807, 2.05) is 6.20 Å². The molecule has 1 aromatic heterocycles. The fourth-order valence-corrected chi connectivity index (χ4v) is 2.30. The number of hydrogen-bond donors (Lipinski definition) is 0. The third kappa shape index (κ3) is 2.96. The second kappa shape index (κ2) is 4.75. The molecule has 0 N–H and O–H groups in total. The van der Waals surface area contributed by atoms with Crippen LogP contribution in [-0.2, 0) is 0 Å². The van der Waals surface area contributed by atoms with E-state index in [-0.39, 0.29) is 0 Å². The summed E-state index contributed by atoms with van der Waals surface area (Å²) in [5.74, 6) is 0.452. The standard InChI is InChI=1S/C10H12FNS2/c1-6(2)9-5-12-10(14-9)7(3)13-8(4)11/h5-6H,3-4H2,1-2H3. The van der Waals surface area contributed by atoms with Crippen LogP contribution in [-0.4, -0.2) is 4.98 Å². The summed E-state index contributed by atoms with van der Waals surface area (Å²) in [5.41, 5.74) is 0. The molecule has 0 aliphatic carbocycles. The van der Waals surface area contributed by atoms with Gasteiger partial charge in [-0.25, -0.2) is 4.98 Å². The minimum atomic E-state index is -0.448. The summed E-state index contributed by atoms with van der Waals surface area (Å²) in [5, 5.41) is 0.328. The molecule has 0 saturated heterocycles. The molecular formula is C10H12FNS2. The van der Waals surface area contributed by atoms with Crippen LogP contribution in [0.1, 0.15) is 29.7 Å². The van der Waals surface area contributed by atoms with E-state index in [9.17, 15) is 4.39 Å². The number of thiazole rings is 1. The zero-order chi connectivity index (χ0) is 10.7. The van der Waals surface area contributed by atoms with E-state index >= 15 is 0 Å². The van der Waals surface area contributed by atoms with Gasteiger partial charge < -0.3 is 0 Å². The molecule has 0 amide bonds. The Labute approximate surface area is 91.8 Å². The Bertz CT molecular complexity index is 355. The monoisotopic (exact) mass is 229 g/mol. The number of nitrogens with zero attached hydrogens (tertiary/aromatic N) is 1. The van der Waals surface area contributed by atoms with E-state index < -0.39 is 5.16 Å². The molecular weight excluding hydrogens is 217 g/mol. The van der Waals surface area contributed by atoms with E-state index in [1.54, 1.807) is 11.3 Å². The lowest BCUT2D eigenvalue weighted by molar-refractivity contribution is 0.705. The molecule has 0 bridgehead atoms. The summed E-state index contributed by atoms with van der Waals surface area (Å²) < 4.78 is 12.5. The maximum absolute atomic E-state index is 12.5. The van der Waals surface area contributed by atoms with Crippen molar-refractivity contribution in [1.82, 2.24) is 4.98 Å². The topological polar surface area (TPSA) is 12.9 Å². The second-order valence-corrected chi connectivity index (χ2v) is 5.30. The lowest BCUT2D eigenvalue weighted by atomic mass is 10.2. The van der Waals surface area contributed by atoms with Gasteiger partial charge in [-0.15, -0.1) is 11.3 Å². The van der Waals surface area contributed by atoms with Crippen LogP contribution in [0.15, 0.2) is 24.5 Å². The first-order valence-electron chi connectivity index (χ1n) is 4.18. The molecule has 1 nitrogen and oxygen atoms in total. The Morgan fingerprint density at radius 1 is 1.57 bits per heavy atom. The van der Waals surface area contributed by atoms with Gasteiger partial charge in [0.1, 0.15) is 5.01 Å². The maximum atomic E-state index is 12.5. The Morgan fingerprint density at radius 2 is 2.21 bits per heavy atom. The van der Waals surface area contributed by atoms with Gasteiger partial charge in [-0.2, -0.15) is 4.39 Å². The van der Waals surface area contributed by atoms with Crippen molar-refractivity contribution in [3.63, 3.8) is 0 Å². The smallest absolute Gasteiger partial charge is 0.154 e. The van der Waals surface area contributed by atoms with Crippen molar-refractivity contribution < 1.29 is 4.39 Å². The van der Waals surface area contributed by atoms with Crippen molar-refractivity contribution in [1.29, 1.82) is 0 Å². The summed E-state index contributed by atoms with van der Waals surface area (Å²) in [7, 11) is 0. The van der Waals surface area contributed by atoms with Crippen molar-refractivity contribution in [2.24, 2.45) is 0 Å². The van der Waals surface area contributed by atoms with Crippen LogP contribution >= 0.6 is 23.1 Å². The van der Waals surface area contributed by atoms with E-state index in [1.165, 1.54) is 4.88 Å². The molecule has 0 aliphatic heterocycles. The highest BCUT2D eigenvalue weighted by molar-refractivity contribution is 8.11. The quantitative estimate of drug-likeness (QED) is 0.758. The van der Waals surface area contributed by atoms with Crippen molar-refractivity contribution in [3.05, 3.63) is 34.4 Å². The minimum Gasteiger partial charge on any atom is -0.244 e. The summed E-state index contributed by atoms with van der Waals surface area (Å²) in [6.45, 7) is 11.1. The highest BCUT2D eigenvalue weighted by Crippen LogP contribution is 2.35. The predicted molar refractivity (Wildman–Crippen MR) is 63.1 cm³/mol. The molecule has 0 radical (unpaired) electrons. The summed E-state index contributed by atoms with van der Waals surface area (Å²) in [4.78, 5) is 5.99. The van der Waals surface area contributed by atoms with Gasteiger partial charge in [0, 0.05) is 16.0 Å². The molecule has 4 heteroatoms. The van der Waals surface area contributed by atoms with Crippen LogP contribution in [0, 0.1) is 0 Å². The Morgan fingerprint density at radius 3 is 2.64 bits per heavy atom. The third-order valence-corrected chi connectivity index (χ3v) is 3.71. The molecule has 0 saturated carbocycles. The Hall–Kier alpha value is -0.610. The van der Waals surface area contributed by atoms with Crippen molar-refractivity contribution in [2.75, 3.05) is 0 Å². The lowest BCUT2D eigenvalue weighted by Gasteiger charge is -1.98. The molecule has 1 rings (SSSR count). The molecule has 0 fully saturated rings. The van der Waals surface area contributed by atoms with Gasteiger partial charge >= 0.3 is 0 Å². The van der Waals surface area contributed by atoms with Crippen LogP contribution in [0.4, 0.5) is 4.39 Å². The van der Waals surface area contributed by atoms with Crippen molar-refractivity contribution in [3.8, 4) is 0 Å². The van der Waals surface area contributed by atoms with Gasteiger partial charge in [-0.05, 0) is 5.92 Å². The fourth-order valence-electron chi connectivity index (χ4n) is 0.860. The minimum absolute atomic E-state index is 0.448. The van der Waals surface area contributed by atoms with E-state index in [0.717, 1.165) is 16.8 Å². The Balaban J connectivity index is 2.76. The molecule has 14 heavy (non-hydrogen) atoms. The first-order chi connectivity index (χ1) is 6.50. The zero-order valence-electron chi connectivity index (χ0n) is 8.21. The van der Waals surface area contributed by atoms with Crippen LogP contribution in [0.2, 0.25) is 0 Å². The number of thioether (sulfide) groups is 1. The molecule has 0 unspecified atom stereocenters. The van der Waals surface area contributed by atoms with Crippen LogP contribution in [0.25, 0.3) is 4.91 Å². The number of halogens is 1. The summed E-state index contributed by atoms with van der Waals surface area (Å²) in [6.07, 6.45) is 1.82. The van der Waals surface area contributed by atoms with Crippen LogP contribution < -0.4 is 0 Å². The number of aromatic nitrogens is 1. The van der Waals surface area contributed by atoms with Gasteiger partial charge in [-0.3, -0.25) is 0 Å². The number of hydrogen-bond acceptors (Lipinski definition) is 3. The highest BCUT2D eigenvalue weighted by Gasteiger charge is 2.09. The van der Waals surface area contributed by atoms with E-state index in [2.05, 4.69) is 32.0 Å². The zero-order valence-corrected chi connectivity index (χ0v) is 9.84. The average Bonchev–Trinajstić information content (AvgIpc) is 2.50. The average molecular weight is 229 g/mol. The van der Waals surface area contributed by atoms with E-state index in [0.29, 0.717) is 10.8 Å². The van der Waals surface area contributed by atoms with Crippen molar-refractivity contribution in [2.45, 2.75) is 19.8 Å². The molecule has 1 aromatic rings. The van der Waals surface area contributed by atoms with Gasteiger partial charge in [0.25, 0.3) is 0 Å². The van der Waals surface area contributed by atoms with Crippen LogP contribution in [0.3, 0.4) is 0 Å². The number of rotatable bonds is 4. The SMILES string of the molecule is C=C(F)SC(=C)c1ncc(C(C)C)s1. The third-order valence-electron chi connectivity index (χ3n) is 1.57. The van der Waals surface area contributed by atoms with Gasteiger partial charge in [0.2, 0.25) is 0 Å². The first kappa shape index (κ1) is 11.5. The maximum Gasteiger partial charge on any atom is 0.154 e. The molecule has 0 aromatic carbocycles. The van der Waals surface area contributed by atoms with Crippen LogP contribution in [0.5, 0.6) is 0 Å². The first-order valence-corrected chi connectivity index (χ1v) is 5.81. The highest BCUT2D eigenvalue weighted by atomic mass is 32.2. The van der Waals surface area contributed by atoms with Gasteiger partial charge in [0.15, 0.2) is 5.16 Å². The lowest BCUT2D eigenvalue weighted by Crippen LogP contribution is -1.77. The predicted octanol–water partition coefficient (Wildman–Crippen LogP) is 4.41. The second-order valence-electron chi connectivity index (χ2n) is 3.10. The largest absolute Gasteiger partial charge is 0.244 e. The molecule has 0 atom stereocenters. The van der Waals surface area contributed by atoms with Gasteiger partial charge in [-0.1, -0.05) is 38.8 Å². The van der Waals surface area contributed by atoms with Gasteiger partial charge in [0.05, 0.1) is 0 Å². The molecule has 1 heterocycles. The summed E-state index contributed by atoms with van der Waals surface area (Å²) in [6, 6.07) is 0. The normalized spacial score (nSPS) is 10.6. The molecule has 0 aliphatic rings. The Kier molecular flexibility index (Phi) is 3.89. The summed E-state index contributed by atoms with van der Waals surface area (Å²) >= 11 is 2.48. The van der Waals surface area contributed by atoms with Crippen molar-refractivity contribution >= 4 is 28.0 Å². The molecule has 76 valence electrons. The van der Waals surface area contributed by atoms with E-state index in [4.69, 9.17) is 0 Å².